The van der Waals surface area contributed by atoms with Crippen LogP contribution in [0.5, 0.6) is 0 Å². The van der Waals surface area contributed by atoms with Crippen molar-refractivity contribution in [3.63, 3.8) is 0 Å². The third-order valence-corrected chi connectivity index (χ3v) is 11.7. The Bertz CT molecular complexity index is 2120. The van der Waals surface area contributed by atoms with Gasteiger partial charge in [-0.05, 0) is 124 Å². The standard InChI is InChI=1S/2C9H12BrNO3.C9H12BrNO2.C7H6BrNO2.C7H6BrNO/c1-13-9(14-2)6-3-7(10)8(5-12)11-4-6;1-6-8(10)4-7(5-11(6)12)9(13-2)14-3;1-6-8(10)4-7(5-11-6)9(12-2)13-3;8-6-1-5(3-10)2-9-7(6)4-11;1-5-7(8)2-6(4-10)3-9-5/h3-4,9,12H,5H2,1-2H3;4-5,9H,1-3H3;4-5,9H,1-3H3;1-3,11H,4H2;2-4H,1H3. The second-order valence-electron chi connectivity index (χ2n) is 12.1. The lowest BCUT2D eigenvalue weighted by atomic mass is 10.2. The molecule has 338 valence electrons. The first-order valence-electron chi connectivity index (χ1n) is 17.7. The predicted molar refractivity (Wildman–Crippen MR) is 248 cm³/mol. The third-order valence-electron chi connectivity index (χ3n) is 7.88. The van der Waals surface area contributed by atoms with Crippen molar-refractivity contribution in [3.8, 4) is 0 Å². The van der Waals surface area contributed by atoms with E-state index >= 15 is 0 Å². The Morgan fingerprint density at radius 1 is 0.548 bits per heavy atom. The maximum atomic E-state index is 11.4. The van der Waals surface area contributed by atoms with Crippen molar-refractivity contribution in [2.24, 2.45) is 0 Å². The van der Waals surface area contributed by atoms with Gasteiger partial charge in [-0.15, -0.1) is 0 Å². The molecule has 0 amide bonds. The summed E-state index contributed by atoms with van der Waals surface area (Å²) in [6.45, 7) is 5.32. The zero-order chi connectivity index (χ0) is 46.9. The summed E-state index contributed by atoms with van der Waals surface area (Å²) >= 11 is 16.4. The Morgan fingerprint density at radius 2 is 0.887 bits per heavy atom. The number of aryl methyl sites for hydroxylation is 2. The van der Waals surface area contributed by atoms with Gasteiger partial charge >= 0.3 is 0 Å². The van der Waals surface area contributed by atoms with Crippen LogP contribution in [0.4, 0.5) is 0 Å². The molecule has 0 saturated heterocycles. The summed E-state index contributed by atoms with van der Waals surface area (Å²) in [6, 6.07) is 8.93. The van der Waals surface area contributed by atoms with Gasteiger partial charge in [0.2, 0.25) is 5.69 Å². The van der Waals surface area contributed by atoms with Gasteiger partial charge in [-0.1, -0.05) is 0 Å². The molecule has 0 saturated carbocycles. The van der Waals surface area contributed by atoms with Crippen molar-refractivity contribution in [1.82, 2.24) is 19.9 Å². The van der Waals surface area contributed by atoms with Crippen molar-refractivity contribution in [2.75, 3.05) is 42.7 Å². The van der Waals surface area contributed by atoms with E-state index in [-0.39, 0.29) is 19.5 Å². The number of carbonyl (C=O) groups is 2. The van der Waals surface area contributed by atoms with Gasteiger partial charge in [-0.2, -0.15) is 4.73 Å². The molecule has 0 radical (unpaired) electrons. The minimum atomic E-state index is -0.507. The average molecular weight is 1190 g/mol. The number of hydrogen-bond donors (Lipinski definition) is 2. The molecule has 0 aliphatic heterocycles. The Hall–Kier alpha value is -3.03. The molecular weight excluding hydrogens is 1140 g/mol. The highest BCUT2D eigenvalue weighted by molar-refractivity contribution is 9.11. The van der Waals surface area contributed by atoms with Gasteiger partial charge in [0.05, 0.1) is 46.0 Å². The van der Waals surface area contributed by atoms with Gasteiger partial charge in [-0.3, -0.25) is 29.5 Å². The summed E-state index contributed by atoms with van der Waals surface area (Å²) in [6.07, 6.45) is 7.98. The van der Waals surface area contributed by atoms with E-state index in [2.05, 4.69) is 99.6 Å². The number of ether oxygens (including phenoxy) is 6. The number of carbonyl (C=O) groups excluding carboxylic acids is 2. The van der Waals surface area contributed by atoms with Crippen molar-refractivity contribution < 1.29 is 53.0 Å². The number of halogens is 5. The molecule has 0 fully saturated rings. The van der Waals surface area contributed by atoms with Crippen LogP contribution in [0.1, 0.15) is 84.7 Å². The monoisotopic (exact) mass is 1180 g/mol. The second kappa shape index (κ2) is 30.9. The van der Waals surface area contributed by atoms with Crippen molar-refractivity contribution in [2.45, 2.75) is 52.9 Å². The molecular formula is C41H48Br5N5O11. The maximum absolute atomic E-state index is 11.4. The number of aromatic nitrogens is 5. The predicted octanol–water partition coefficient (Wildman–Crippen LogP) is 8.87. The number of aliphatic hydroxyl groups is 2. The number of rotatable bonds is 13. The maximum Gasteiger partial charge on any atom is 0.203 e. The van der Waals surface area contributed by atoms with Gasteiger partial charge in [0, 0.05) is 115 Å². The molecule has 16 nitrogen and oxygen atoms in total. The first-order chi connectivity index (χ1) is 29.5. The molecule has 21 heteroatoms. The van der Waals surface area contributed by atoms with E-state index in [0.29, 0.717) is 44.5 Å². The summed E-state index contributed by atoms with van der Waals surface area (Å²) in [5, 5.41) is 29.0. The topological polar surface area (TPSA) is 208 Å². The second-order valence-corrected chi connectivity index (χ2v) is 16.3. The van der Waals surface area contributed by atoms with Crippen LogP contribution in [0, 0.1) is 26.0 Å². The zero-order valence-electron chi connectivity index (χ0n) is 35.3. The minimum Gasteiger partial charge on any atom is -0.618 e. The fourth-order valence-corrected chi connectivity index (χ4v) is 6.64. The average Bonchev–Trinajstić information content (AvgIpc) is 3.27. The molecule has 0 aliphatic carbocycles. The molecule has 0 aliphatic rings. The molecule has 62 heavy (non-hydrogen) atoms. The van der Waals surface area contributed by atoms with Crippen molar-refractivity contribution >= 4 is 92.2 Å². The molecule has 0 aromatic carbocycles. The molecule has 0 atom stereocenters. The minimum absolute atomic E-state index is 0.0918. The number of pyridine rings is 5. The number of nitrogens with zero attached hydrogens (tertiary/aromatic N) is 5. The lowest BCUT2D eigenvalue weighted by Gasteiger charge is -2.13. The summed E-state index contributed by atoms with van der Waals surface area (Å²) in [4.78, 5) is 36.5. The molecule has 5 rings (SSSR count). The highest BCUT2D eigenvalue weighted by Gasteiger charge is 2.16. The molecule has 0 spiro atoms. The van der Waals surface area contributed by atoms with E-state index in [9.17, 15) is 14.8 Å². The third kappa shape index (κ3) is 19.0. The zero-order valence-corrected chi connectivity index (χ0v) is 43.2. The smallest absolute Gasteiger partial charge is 0.203 e. The van der Waals surface area contributed by atoms with Crippen LogP contribution in [0.15, 0.2) is 83.7 Å². The van der Waals surface area contributed by atoms with Gasteiger partial charge < -0.3 is 43.8 Å². The SMILES string of the molecule is COC(OC)c1cc(Br)c(C)[n+]([O-])c1.COC(OC)c1cnc(C)c(Br)c1.COC(OC)c1cnc(CO)c(Br)c1.Cc1ncc(C=O)cc1Br.O=Cc1cnc(CO)c(Br)c1. The van der Waals surface area contributed by atoms with Gasteiger partial charge in [0.1, 0.15) is 0 Å². The van der Waals surface area contributed by atoms with Gasteiger partial charge in [0.15, 0.2) is 37.6 Å². The molecule has 2 N–H and O–H groups in total. The first-order valence-corrected chi connectivity index (χ1v) is 21.7. The number of methoxy groups -OCH3 is 6. The summed E-state index contributed by atoms with van der Waals surface area (Å²) in [5.41, 5.74) is 7.07. The van der Waals surface area contributed by atoms with E-state index in [1.54, 1.807) is 72.2 Å². The van der Waals surface area contributed by atoms with Crippen LogP contribution in [0.25, 0.3) is 0 Å². The van der Waals surface area contributed by atoms with Gasteiger partial charge in [0.25, 0.3) is 0 Å². The normalized spacial score (nSPS) is 10.4. The van der Waals surface area contributed by atoms with Crippen LogP contribution in [-0.4, -0.2) is 85.4 Å². The van der Waals surface area contributed by atoms with Gasteiger partial charge in [-0.25, -0.2) is 0 Å². The summed E-state index contributed by atoms with van der Waals surface area (Å²) in [5.74, 6) is 0. The van der Waals surface area contributed by atoms with E-state index in [1.807, 2.05) is 26.0 Å². The fraction of sp³-hybridized carbons (Fsp3) is 0.341. The van der Waals surface area contributed by atoms with Crippen LogP contribution >= 0.6 is 79.6 Å². The fourth-order valence-electron chi connectivity index (χ4n) is 4.48. The molecule has 0 bridgehead atoms. The summed E-state index contributed by atoms with van der Waals surface area (Å²) < 4.78 is 35.2. The first kappa shape index (κ1) is 57.0. The highest BCUT2D eigenvalue weighted by atomic mass is 79.9. The Morgan fingerprint density at radius 3 is 1.26 bits per heavy atom. The van der Waals surface area contributed by atoms with Crippen molar-refractivity contribution in [3.05, 3.63) is 145 Å². The van der Waals surface area contributed by atoms with Crippen LogP contribution < -0.4 is 4.73 Å². The Labute approximate surface area is 403 Å². The van der Waals surface area contributed by atoms with Crippen LogP contribution in [-0.2, 0) is 41.6 Å². The van der Waals surface area contributed by atoms with E-state index in [0.717, 1.165) is 51.4 Å². The Balaban J connectivity index is 0.000000390. The van der Waals surface area contributed by atoms with Crippen molar-refractivity contribution in [1.29, 1.82) is 0 Å². The van der Waals surface area contributed by atoms with E-state index < -0.39 is 12.6 Å². The van der Waals surface area contributed by atoms with Crippen LogP contribution in [0.3, 0.4) is 0 Å². The van der Waals surface area contributed by atoms with Crippen LogP contribution in [0.2, 0.25) is 0 Å². The number of aldehydes is 2. The Kier molecular flexibility index (Phi) is 28.4. The van der Waals surface area contributed by atoms with E-state index in [1.165, 1.54) is 26.6 Å². The molecule has 5 aromatic heterocycles. The van der Waals surface area contributed by atoms with E-state index in [4.69, 9.17) is 38.6 Å². The lowest BCUT2D eigenvalue weighted by Crippen LogP contribution is -2.31. The molecule has 5 heterocycles. The molecule has 0 unspecified atom stereocenters. The summed E-state index contributed by atoms with van der Waals surface area (Å²) in [7, 11) is 9.36. The number of aliphatic hydroxyl groups excluding tert-OH is 2. The largest absolute Gasteiger partial charge is 0.618 e. The molecule has 5 aromatic rings. The highest BCUT2D eigenvalue weighted by Crippen LogP contribution is 2.24. The quantitative estimate of drug-likeness (QED) is 0.0488. The number of hydrogen-bond acceptors (Lipinski definition) is 15. The lowest BCUT2D eigenvalue weighted by molar-refractivity contribution is -0.613.